The third-order valence-corrected chi connectivity index (χ3v) is 10.5. The standard InChI is InChI=1S/C33H35ClF2N4O2S/c34-30-18-25(36)5-8-29(30)33(41)38-20-26-6-7-27(21-38)40(26)31-19-28(17-23-10-16-42-32(23)31)43-39-14-12-37(13-15-39)11-9-22-1-3-24(35)4-2-22/h1-5,8,17-19,26-27H,6-7,9-16,20-21H2. The van der Waals surface area contributed by atoms with E-state index in [1.807, 2.05) is 29.0 Å². The highest BCUT2D eigenvalue weighted by Crippen LogP contribution is 2.46. The number of halogens is 3. The summed E-state index contributed by atoms with van der Waals surface area (Å²) in [6.07, 6.45) is 3.86. The maximum absolute atomic E-state index is 13.6. The molecule has 226 valence electrons. The van der Waals surface area contributed by atoms with Crippen molar-refractivity contribution in [1.82, 2.24) is 14.1 Å². The van der Waals surface area contributed by atoms with Gasteiger partial charge in [-0.05, 0) is 79.2 Å². The Morgan fingerprint density at radius 2 is 1.65 bits per heavy atom. The van der Waals surface area contributed by atoms with Crippen LogP contribution >= 0.6 is 23.5 Å². The lowest BCUT2D eigenvalue weighted by atomic mass is 10.1. The summed E-state index contributed by atoms with van der Waals surface area (Å²) in [7, 11) is 0. The molecule has 0 aliphatic carbocycles. The number of likely N-dealkylation sites (tertiary alicyclic amines) is 1. The van der Waals surface area contributed by atoms with E-state index in [9.17, 15) is 13.6 Å². The van der Waals surface area contributed by atoms with Gasteiger partial charge in [0.15, 0.2) is 0 Å². The molecule has 0 spiro atoms. The fourth-order valence-corrected chi connectivity index (χ4v) is 8.18. The molecule has 0 radical (unpaired) electrons. The topological polar surface area (TPSA) is 39.3 Å². The highest BCUT2D eigenvalue weighted by molar-refractivity contribution is 7.97. The van der Waals surface area contributed by atoms with Gasteiger partial charge in [0.1, 0.15) is 17.4 Å². The van der Waals surface area contributed by atoms with Gasteiger partial charge in [-0.2, -0.15) is 0 Å². The summed E-state index contributed by atoms with van der Waals surface area (Å²) in [5.41, 5.74) is 3.93. The minimum Gasteiger partial charge on any atom is -0.491 e. The summed E-state index contributed by atoms with van der Waals surface area (Å²) in [4.78, 5) is 21.5. The molecule has 4 heterocycles. The summed E-state index contributed by atoms with van der Waals surface area (Å²) < 4.78 is 35.4. The van der Waals surface area contributed by atoms with Crippen LogP contribution in [-0.2, 0) is 12.8 Å². The highest BCUT2D eigenvalue weighted by atomic mass is 35.5. The maximum Gasteiger partial charge on any atom is 0.255 e. The number of hydrogen-bond acceptors (Lipinski definition) is 6. The Bertz CT molecular complexity index is 1490. The molecule has 3 saturated heterocycles. The second-order valence-corrected chi connectivity index (χ2v) is 13.5. The SMILES string of the molecule is O=C(c1ccc(F)cc1Cl)N1CC2CCC(C1)N2c1cc(SN2CCN(CCc3ccc(F)cc3)CC2)cc2c1OCC2. The van der Waals surface area contributed by atoms with Crippen LogP contribution in [0.1, 0.15) is 34.3 Å². The van der Waals surface area contributed by atoms with Gasteiger partial charge < -0.3 is 19.4 Å². The van der Waals surface area contributed by atoms with Gasteiger partial charge in [0, 0.05) is 74.8 Å². The van der Waals surface area contributed by atoms with E-state index >= 15 is 0 Å². The van der Waals surface area contributed by atoms with Crippen LogP contribution in [0, 0.1) is 11.6 Å². The van der Waals surface area contributed by atoms with E-state index in [0.29, 0.717) is 25.3 Å². The van der Waals surface area contributed by atoms with Crippen molar-refractivity contribution in [2.24, 2.45) is 0 Å². The zero-order valence-corrected chi connectivity index (χ0v) is 25.6. The van der Waals surface area contributed by atoms with Crippen LogP contribution in [0.25, 0.3) is 0 Å². The number of hydrogen-bond donors (Lipinski definition) is 0. The van der Waals surface area contributed by atoms with Crippen LogP contribution in [0.3, 0.4) is 0 Å². The van der Waals surface area contributed by atoms with Crippen molar-refractivity contribution >= 4 is 35.1 Å². The van der Waals surface area contributed by atoms with Crippen molar-refractivity contribution in [3.05, 3.63) is 87.9 Å². The predicted octanol–water partition coefficient (Wildman–Crippen LogP) is 5.91. The van der Waals surface area contributed by atoms with E-state index < -0.39 is 5.82 Å². The number of piperazine rings is 2. The number of amides is 1. The summed E-state index contributed by atoms with van der Waals surface area (Å²) in [6, 6.07) is 15.8. The predicted molar refractivity (Wildman–Crippen MR) is 166 cm³/mol. The minimum atomic E-state index is -0.443. The van der Waals surface area contributed by atoms with Crippen molar-refractivity contribution < 1.29 is 18.3 Å². The molecule has 3 fully saturated rings. The minimum absolute atomic E-state index is 0.135. The van der Waals surface area contributed by atoms with Crippen molar-refractivity contribution in [2.75, 3.05) is 57.3 Å². The molecule has 0 N–H and O–H groups in total. The molecule has 0 saturated carbocycles. The number of rotatable bonds is 7. The average molecular weight is 625 g/mol. The van der Waals surface area contributed by atoms with Crippen LogP contribution in [0.2, 0.25) is 5.02 Å². The Labute approximate surface area is 260 Å². The van der Waals surface area contributed by atoms with Crippen LogP contribution in [0.15, 0.2) is 59.5 Å². The Kier molecular flexibility index (Phi) is 8.24. The van der Waals surface area contributed by atoms with E-state index in [1.54, 1.807) is 0 Å². The maximum atomic E-state index is 13.6. The number of benzene rings is 3. The first-order valence-electron chi connectivity index (χ1n) is 15.1. The second-order valence-electron chi connectivity index (χ2n) is 11.9. The Hall–Kier alpha value is -2.85. The van der Waals surface area contributed by atoms with Crippen molar-refractivity contribution in [1.29, 1.82) is 0 Å². The molecule has 1 amide bonds. The molecule has 3 aromatic rings. The fraction of sp³-hybridized carbons (Fsp3) is 0.424. The molecule has 2 unspecified atom stereocenters. The number of fused-ring (bicyclic) bond motifs is 3. The third kappa shape index (κ3) is 6.10. The first-order valence-corrected chi connectivity index (χ1v) is 16.3. The van der Waals surface area contributed by atoms with Crippen molar-refractivity contribution in [3.8, 4) is 5.75 Å². The molecule has 4 aliphatic rings. The molecule has 43 heavy (non-hydrogen) atoms. The van der Waals surface area contributed by atoms with Gasteiger partial charge in [0.25, 0.3) is 5.91 Å². The van der Waals surface area contributed by atoms with Crippen LogP contribution < -0.4 is 9.64 Å². The molecule has 6 nitrogen and oxygen atoms in total. The molecule has 10 heteroatoms. The number of carbonyl (C=O) groups excluding carboxylic acids is 1. The fourth-order valence-electron chi connectivity index (χ4n) is 6.93. The normalized spacial score (nSPS) is 22.1. The van der Waals surface area contributed by atoms with Gasteiger partial charge >= 0.3 is 0 Å². The molecule has 0 aromatic heterocycles. The first kappa shape index (κ1) is 28.9. The number of carbonyl (C=O) groups is 1. The monoisotopic (exact) mass is 624 g/mol. The van der Waals surface area contributed by atoms with E-state index in [-0.39, 0.29) is 28.8 Å². The lowest BCUT2D eigenvalue weighted by Crippen LogP contribution is -2.55. The molecule has 3 aromatic carbocycles. The third-order valence-electron chi connectivity index (χ3n) is 9.14. The zero-order chi connectivity index (χ0) is 29.5. The second kappa shape index (κ2) is 12.3. The quantitative estimate of drug-likeness (QED) is 0.304. The summed E-state index contributed by atoms with van der Waals surface area (Å²) in [6.45, 7) is 6.86. The van der Waals surface area contributed by atoms with Crippen LogP contribution in [0.5, 0.6) is 5.75 Å². The van der Waals surface area contributed by atoms with Gasteiger partial charge in [0.05, 0.1) is 22.9 Å². The van der Waals surface area contributed by atoms with Crippen LogP contribution in [0.4, 0.5) is 14.5 Å². The highest BCUT2D eigenvalue weighted by Gasteiger charge is 2.43. The Balaban J connectivity index is 1.01. The van der Waals surface area contributed by atoms with Gasteiger partial charge in [-0.1, -0.05) is 23.7 Å². The van der Waals surface area contributed by atoms with Gasteiger partial charge in [0.2, 0.25) is 0 Å². The summed E-state index contributed by atoms with van der Waals surface area (Å²) in [5.74, 6) is 0.229. The number of nitrogens with zero attached hydrogens (tertiary/aromatic N) is 4. The first-order chi connectivity index (χ1) is 20.9. The average Bonchev–Trinajstić information content (AvgIpc) is 3.58. The summed E-state index contributed by atoms with van der Waals surface area (Å²) >= 11 is 8.07. The molecular weight excluding hydrogens is 590 g/mol. The zero-order valence-electron chi connectivity index (χ0n) is 24.0. The largest absolute Gasteiger partial charge is 0.491 e. The Morgan fingerprint density at radius 1 is 0.930 bits per heavy atom. The van der Waals surface area contributed by atoms with Crippen molar-refractivity contribution in [3.63, 3.8) is 0 Å². The molecule has 7 rings (SSSR count). The van der Waals surface area contributed by atoms with Gasteiger partial charge in [-0.3, -0.25) is 4.79 Å². The van der Waals surface area contributed by atoms with E-state index in [2.05, 4.69) is 26.2 Å². The van der Waals surface area contributed by atoms with Gasteiger partial charge in [-0.15, -0.1) is 0 Å². The lowest BCUT2D eigenvalue weighted by Gasteiger charge is -2.43. The number of anilines is 1. The summed E-state index contributed by atoms with van der Waals surface area (Å²) in [5, 5.41) is 0.157. The van der Waals surface area contributed by atoms with E-state index in [0.717, 1.165) is 69.8 Å². The van der Waals surface area contributed by atoms with E-state index in [1.165, 1.54) is 46.4 Å². The molecule has 2 bridgehead atoms. The molecule has 4 aliphatic heterocycles. The Morgan fingerprint density at radius 3 is 2.37 bits per heavy atom. The number of ether oxygens (including phenoxy) is 1. The molecular formula is C33H35ClF2N4O2S. The lowest BCUT2D eigenvalue weighted by molar-refractivity contribution is 0.0718. The van der Waals surface area contributed by atoms with E-state index in [4.69, 9.17) is 16.3 Å². The smallest absolute Gasteiger partial charge is 0.255 e. The van der Waals surface area contributed by atoms with Gasteiger partial charge in [-0.25, -0.2) is 13.1 Å². The van der Waals surface area contributed by atoms with Crippen LogP contribution in [-0.4, -0.2) is 84.5 Å². The molecule has 2 atom stereocenters. The van der Waals surface area contributed by atoms with Crippen molar-refractivity contribution in [2.45, 2.75) is 42.7 Å².